The Balaban J connectivity index is 2.13. The molecule has 1 nitrogen and oxygen atoms in total. The molecule has 1 N–H and O–H groups in total. The fourth-order valence-electron chi connectivity index (χ4n) is 3.30. The van der Waals surface area contributed by atoms with Crippen molar-refractivity contribution in [3.05, 3.63) is 34.9 Å². The van der Waals surface area contributed by atoms with Crippen molar-refractivity contribution in [3.63, 3.8) is 0 Å². The quantitative estimate of drug-likeness (QED) is 0.848. The summed E-state index contributed by atoms with van der Waals surface area (Å²) >= 11 is 0. The van der Waals surface area contributed by atoms with Crippen LogP contribution in [0.5, 0.6) is 0 Å². The normalized spacial score (nSPS) is 20.7. The predicted molar refractivity (Wildman–Crippen MR) is 76.8 cm³/mol. The van der Waals surface area contributed by atoms with Crippen LogP contribution in [-0.4, -0.2) is 11.2 Å². The second-order valence-electron chi connectivity index (χ2n) is 6.30. The third-order valence-electron chi connectivity index (χ3n) is 4.84. The summed E-state index contributed by atoms with van der Waals surface area (Å²) in [5.74, 6) is 0. The molecule has 0 saturated heterocycles. The number of hydrogen-bond acceptors (Lipinski definition) is 1. The van der Waals surface area contributed by atoms with Gasteiger partial charge in [-0.3, -0.25) is 0 Å². The molecule has 1 heteroatoms. The molecule has 0 aliphatic heterocycles. The lowest BCUT2D eigenvalue weighted by atomic mass is 9.70. The van der Waals surface area contributed by atoms with E-state index in [1.54, 1.807) is 0 Å². The standard InChI is InChI=1S/C17H26O/c1-13-8-7-9-14(2)15(13)12-16(18)17(3)10-5-4-6-11-17/h7-9,16,18H,4-6,10-12H2,1-3H3. The van der Waals surface area contributed by atoms with E-state index in [4.69, 9.17) is 0 Å². The Labute approximate surface area is 111 Å². The smallest absolute Gasteiger partial charge is 0.0634 e. The van der Waals surface area contributed by atoms with Gasteiger partial charge in [0.2, 0.25) is 0 Å². The maximum absolute atomic E-state index is 10.6. The van der Waals surface area contributed by atoms with Crippen molar-refractivity contribution < 1.29 is 5.11 Å². The maximum atomic E-state index is 10.6. The molecule has 1 saturated carbocycles. The molecule has 0 heterocycles. The van der Waals surface area contributed by atoms with Gasteiger partial charge < -0.3 is 5.11 Å². The average molecular weight is 246 g/mol. The summed E-state index contributed by atoms with van der Waals surface area (Å²) in [6.07, 6.45) is 6.87. The molecule has 2 rings (SSSR count). The molecular weight excluding hydrogens is 220 g/mol. The molecule has 1 aliphatic rings. The Morgan fingerprint density at radius 3 is 2.22 bits per heavy atom. The lowest BCUT2D eigenvalue weighted by molar-refractivity contribution is 0.0102. The second-order valence-corrected chi connectivity index (χ2v) is 6.30. The van der Waals surface area contributed by atoms with Gasteiger partial charge >= 0.3 is 0 Å². The lowest BCUT2D eigenvalue weighted by Crippen LogP contribution is -2.36. The Bertz CT molecular complexity index is 382. The minimum absolute atomic E-state index is 0.132. The van der Waals surface area contributed by atoms with Crippen molar-refractivity contribution in [1.82, 2.24) is 0 Å². The molecule has 1 aliphatic carbocycles. The van der Waals surface area contributed by atoms with E-state index < -0.39 is 0 Å². The van der Waals surface area contributed by atoms with Crippen molar-refractivity contribution in [2.75, 3.05) is 0 Å². The first-order valence-corrected chi connectivity index (χ1v) is 7.26. The highest BCUT2D eigenvalue weighted by Gasteiger charge is 2.34. The fourth-order valence-corrected chi connectivity index (χ4v) is 3.30. The Morgan fingerprint density at radius 1 is 1.11 bits per heavy atom. The highest BCUT2D eigenvalue weighted by Crippen LogP contribution is 2.40. The van der Waals surface area contributed by atoms with E-state index in [-0.39, 0.29) is 11.5 Å². The molecule has 1 aromatic rings. The van der Waals surface area contributed by atoms with Crippen LogP contribution in [0.4, 0.5) is 0 Å². The van der Waals surface area contributed by atoms with Crippen LogP contribution >= 0.6 is 0 Å². The van der Waals surface area contributed by atoms with Gasteiger partial charge in [-0.15, -0.1) is 0 Å². The molecule has 1 fully saturated rings. The molecule has 0 amide bonds. The Hall–Kier alpha value is -0.820. The minimum atomic E-state index is -0.197. The molecular formula is C17H26O. The molecule has 1 atom stereocenters. The van der Waals surface area contributed by atoms with Crippen molar-refractivity contribution >= 4 is 0 Å². The third kappa shape index (κ3) is 2.77. The van der Waals surface area contributed by atoms with Gasteiger partial charge in [0.1, 0.15) is 0 Å². The number of rotatable bonds is 3. The van der Waals surface area contributed by atoms with E-state index in [1.165, 1.54) is 48.8 Å². The fraction of sp³-hybridized carbons (Fsp3) is 0.647. The van der Waals surface area contributed by atoms with Gasteiger partial charge in [0, 0.05) is 0 Å². The summed E-state index contributed by atoms with van der Waals surface area (Å²) in [5, 5.41) is 10.6. The van der Waals surface area contributed by atoms with E-state index >= 15 is 0 Å². The molecule has 0 bridgehead atoms. The maximum Gasteiger partial charge on any atom is 0.0634 e. The number of aryl methyl sites for hydroxylation is 2. The van der Waals surface area contributed by atoms with Crippen LogP contribution in [0.25, 0.3) is 0 Å². The zero-order valence-electron chi connectivity index (χ0n) is 12.0. The van der Waals surface area contributed by atoms with E-state index in [0.717, 1.165) is 6.42 Å². The van der Waals surface area contributed by atoms with Gasteiger partial charge in [-0.25, -0.2) is 0 Å². The summed E-state index contributed by atoms with van der Waals surface area (Å²) in [6.45, 7) is 6.57. The van der Waals surface area contributed by atoms with Crippen LogP contribution in [-0.2, 0) is 6.42 Å². The largest absolute Gasteiger partial charge is 0.392 e. The zero-order chi connectivity index (χ0) is 13.2. The minimum Gasteiger partial charge on any atom is -0.392 e. The monoisotopic (exact) mass is 246 g/mol. The molecule has 1 aromatic carbocycles. The van der Waals surface area contributed by atoms with E-state index in [1.807, 2.05) is 0 Å². The van der Waals surface area contributed by atoms with Gasteiger partial charge in [-0.2, -0.15) is 0 Å². The van der Waals surface area contributed by atoms with Crippen molar-refractivity contribution in [1.29, 1.82) is 0 Å². The number of hydrogen-bond donors (Lipinski definition) is 1. The van der Waals surface area contributed by atoms with E-state index in [9.17, 15) is 5.11 Å². The highest BCUT2D eigenvalue weighted by atomic mass is 16.3. The summed E-state index contributed by atoms with van der Waals surface area (Å²) in [7, 11) is 0. The predicted octanol–water partition coefficient (Wildman–Crippen LogP) is 4.18. The topological polar surface area (TPSA) is 20.2 Å². The van der Waals surface area contributed by atoms with Gasteiger partial charge in [-0.05, 0) is 55.2 Å². The van der Waals surface area contributed by atoms with Crippen LogP contribution in [0.3, 0.4) is 0 Å². The first kappa shape index (κ1) is 13.6. The zero-order valence-corrected chi connectivity index (χ0v) is 12.0. The summed E-state index contributed by atoms with van der Waals surface area (Å²) in [6, 6.07) is 6.40. The second kappa shape index (κ2) is 5.44. The third-order valence-corrected chi connectivity index (χ3v) is 4.84. The Kier molecular flexibility index (Phi) is 4.11. The SMILES string of the molecule is Cc1cccc(C)c1CC(O)C1(C)CCCCC1. The first-order chi connectivity index (χ1) is 8.53. The van der Waals surface area contributed by atoms with Crippen molar-refractivity contribution in [2.24, 2.45) is 5.41 Å². The summed E-state index contributed by atoms with van der Waals surface area (Å²) in [5.41, 5.74) is 4.10. The van der Waals surface area contributed by atoms with Crippen molar-refractivity contribution in [3.8, 4) is 0 Å². The number of aliphatic hydroxyl groups is 1. The van der Waals surface area contributed by atoms with Crippen LogP contribution in [0.1, 0.15) is 55.7 Å². The molecule has 0 radical (unpaired) electrons. The lowest BCUT2D eigenvalue weighted by Gasteiger charge is -2.38. The summed E-state index contributed by atoms with van der Waals surface area (Å²) < 4.78 is 0. The van der Waals surface area contributed by atoms with Gasteiger partial charge in [0.05, 0.1) is 6.10 Å². The molecule has 0 spiro atoms. The molecule has 100 valence electrons. The number of benzene rings is 1. The summed E-state index contributed by atoms with van der Waals surface area (Å²) in [4.78, 5) is 0. The van der Waals surface area contributed by atoms with Crippen molar-refractivity contribution in [2.45, 2.75) is 65.4 Å². The van der Waals surface area contributed by atoms with Gasteiger partial charge in [-0.1, -0.05) is 44.4 Å². The molecule has 0 aromatic heterocycles. The van der Waals surface area contributed by atoms with E-state index in [0.29, 0.717) is 0 Å². The van der Waals surface area contributed by atoms with Gasteiger partial charge in [0.15, 0.2) is 0 Å². The van der Waals surface area contributed by atoms with Crippen LogP contribution in [0, 0.1) is 19.3 Å². The molecule has 1 unspecified atom stereocenters. The van der Waals surface area contributed by atoms with Gasteiger partial charge in [0.25, 0.3) is 0 Å². The number of aliphatic hydroxyl groups excluding tert-OH is 1. The van der Waals surface area contributed by atoms with E-state index in [2.05, 4.69) is 39.0 Å². The highest BCUT2D eigenvalue weighted by molar-refractivity contribution is 5.34. The molecule has 18 heavy (non-hydrogen) atoms. The van der Waals surface area contributed by atoms with Crippen LogP contribution < -0.4 is 0 Å². The van der Waals surface area contributed by atoms with Crippen LogP contribution in [0.2, 0.25) is 0 Å². The Morgan fingerprint density at radius 2 is 1.67 bits per heavy atom. The van der Waals surface area contributed by atoms with Crippen LogP contribution in [0.15, 0.2) is 18.2 Å². The first-order valence-electron chi connectivity index (χ1n) is 7.26. The average Bonchev–Trinajstić information content (AvgIpc) is 2.34.